The van der Waals surface area contributed by atoms with Crippen LogP contribution in [0.25, 0.3) is 0 Å². The highest BCUT2D eigenvalue weighted by molar-refractivity contribution is 6.17. The van der Waals surface area contributed by atoms with Gasteiger partial charge in [0.15, 0.2) is 0 Å². The Morgan fingerprint density at radius 2 is 2.31 bits per heavy atom. The van der Waals surface area contributed by atoms with Crippen molar-refractivity contribution in [3.8, 4) is 11.8 Å². The van der Waals surface area contributed by atoms with E-state index in [1.165, 1.54) is 13.2 Å². The molecular formula is C9H7ClFNO. The number of methoxy groups -OCH3 is 1. The normalized spacial score (nSPS) is 9.38. The molecule has 2 nitrogen and oxygen atoms in total. The zero-order chi connectivity index (χ0) is 9.84. The Bertz CT molecular complexity index is 359. The van der Waals surface area contributed by atoms with Crippen LogP contribution in [-0.2, 0) is 5.88 Å². The van der Waals surface area contributed by atoms with Crippen LogP contribution in [0.15, 0.2) is 12.1 Å². The van der Waals surface area contributed by atoms with Crippen molar-refractivity contribution >= 4 is 11.6 Å². The Morgan fingerprint density at radius 1 is 1.62 bits per heavy atom. The predicted molar refractivity (Wildman–Crippen MR) is 47.2 cm³/mol. The third-order valence-corrected chi connectivity index (χ3v) is 1.91. The van der Waals surface area contributed by atoms with Crippen molar-refractivity contribution in [2.45, 2.75) is 5.88 Å². The Labute approximate surface area is 80.5 Å². The summed E-state index contributed by atoms with van der Waals surface area (Å²) >= 11 is 5.52. The lowest BCUT2D eigenvalue weighted by molar-refractivity contribution is 0.409. The van der Waals surface area contributed by atoms with E-state index in [0.717, 1.165) is 0 Å². The lowest BCUT2D eigenvalue weighted by Crippen LogP contribution is -1.94. The molecule has 0 aliphatic carbocycles. The van der Waals surface area contributed by atoms with Gasteiger partial charge in [-0.1, -0.05) is 0 Å². The zero-order valence-electron chi connectivity index (χ0n) is 6.97. The molecule has 0 spiro atoms. The summed E-state index contributed by atoms with van der Waals surface area (Å²) in [4.78, 5) is 0. The van der Waals surface area contributed by atoms with Crippen LogP contribution in [0.5, 0.6) is 5.75 Å². The van der Waals surface area contributed by atoms with Gasteiger partial charge in [-0.15, -0.1) is 11.6 Å². The van der Waals surface area contributed by atoms with Crippen molar-refractivity contribution in [2.24, 2.45) is 0 Å². The fourth-order valence-electron chi connectivity index (χ4n) is 0.981. The minimum atomic E-state index is -0.600. The van der Waals surface area contributed by atoms with Crippen molar-refractivity contribution in [1.29, 1.82) is 5.26 Å². The van der Waals surface area contributed by atoms with E-state index in [4.69, 9.17) is 21.6 Å². The smallest absolute Gasteiger partial charge is 0.145 e. The molecule has 0 heterocycles. The fraction of sp³-hybridized carbons (Fsp3) is 0.222. The molecule has 13 heavy (non-hydrogen) atoms. The molecule has 0 aliphatic heterocycles. The third kappa shape index (κ3) is 1.90. The summed E-state index contributed by atoms with van der Waals surface area (Å²) in [6, 6.07) is 4.50. The van der Waals surface area contributed by atoms with Gasteiger partial charge in [-0.25, -0.2) is 4.39 Å². The van der Waals surface area contributed by atoms with Gasteiger partial charge in [-0.3, -0.25) is 0 Å². The second kappa shape index (κ2) is 4.11. The molecule has 0 unspecified atom stereocenters. The van der Waals surface area contributed by atoms with Crippen LogP contribution < -0.4 is 4.74 Å². The van der Waals surface area contributed by atoms with E-state index in [-0.39, 0.29) is 17.2 Å². The molecule has 1 aromatic carbocycles. The SMILES string of the molecule is COc1cc(CCl)cc(F)c1C#N. The summed E-state index contributed by atoms with van der Waals surface area (Å²) in [6.45, 7) is 0. The molecule has 0 N–H and O–H groups in total. The fourth-order valence-corrected chi connectivity index (χ4v) is 1.14. The summed E-state index contributed by atoms with van der Waals surface area (Å²) in [5.41, 5.74) is 0.506. The van der Waals surface area contributed by atoms with Gasteiger partial charge in [-0.2, -0.15) is 5.26 Å². The Balaban J connectivity index is 3.31. The molecule has 0 amide bonds. The first-order chi connectivity index (χ1) is 6.22. The maximum absolute atomic E-state index is 13.1. The molecule has 0 radical (unpaired) electrons. The molecule has 1 rings (SSSR count). The predicted octanol–water partition coefficient (Wildman–Crippen LogP) is 2.44. The van der Waals surface area contributed by atoms with E-state index in [1.807, 2.05) is 0 Å². The first-order valence-electron chi connectivity index (χ1n) is 3.55. The highest BCUT2D eigenvalue weighted by atomic mass is 35.5. The van der Waals surface area contributed by atoms with Gasteiger partial charge < -0.3 is 4.74 Å². The van der Waals surface area contributed by atoms with Gasteiger partial charge in [0.2, 0.25) is 0 Å². The van der Waals surface area contributed by atoms with E-state index >= 15 is 0 Å². The molecule has 0 saturated carbocycles. The zero-order valence-corrected chi connectivity index (χ0v) is 7.73. The van der Waals surface area contributed by atoms with Gasteiger partial charge >= 0.3 is 0 Å². The van der Waals surface area contributed by atoms with Crippen LogP contribution in [0, 0.1) is 17.1 Å². The number of benzene rings is 1. The topological polar surface area (TPSA) is 33.0 Å². The Hall–Kier alpha value is -1.27. The van der Waals surface area contributed by atoms with E-state index in [0.29, 0.717) is 5.56 Å². The molecule has 68 valence electrons. The largest absolute Gasteiger partial charge is 0.495 e. The minimum Gasteiger partial charge on any atom is -0.495 e. The summed E-state index contributed by atoms with van der Waals surface area (Å²) in [6.07, 6.45) is 0. The molecule has 4 heteroatoms. The summed E-state index contributed by atoms with van der Waals surface area (Å²) in [5, 5.41) is 8.59. The van der Waals surface area contributed by atoms with E-state index in [9.17, 15) is 4.39 Å². The number of ether oxygens (including phenoxy) is 1. The van der Waals surface area contributed by atoms with Crippen molar-refractivity contribution in [1.82, 2.24) is 0 Å². The summed E-state index contributed by atoms with van der Waals surface area (Å²) < 4.78 is 18.0. The number of hydrogen-bond acceptors (Lipinski definition) is 2. The molecule has 0 atom stereocenters. The number of rotatable bonds is 2. The maximum atomic E-state index is 13.1. The van der Waals surface area contributed by atoms with Crippen LogP contribution in [-0.4, -0.2) is 7.11 Å². The molecule has 0 aromatic heterocycles. The van der Waals surface area contributed by atoms with Crippen molar-refractivity contribution in [2.75, 3.05) is 7.11 Å². The number of alkyl halides is 1. The van der Waals surface area contributed by atoms with Crippen LogP contribution in [0.3, 0.4) is 0 Å². The van der Waals surface area contributed by atoms with Crippen LogP contribution in [0.2, 0.25) is 0 Å². The first kappa shape index (κ1) is 9.82. The molecular weight excluding hydrogens is 193 g/mol. The highest BCUT2D eigenvalue weighted by Crippen LogP contribution is 2.23. The Kier molecular flexibility index (Phi) is 3.10. The summed E-state index contributed by atoms with van der Waals surface area (Å²) in [5.74, 6) is -0.186. The van der Waals surface area contributed by atoms with Crippen LogP contribution >= 0.6 is 11.6 Å². The maximum Gasteiger partial charge on any atom is 0.145 e. The second-order valence-corrected chi connectivity index (χ2v) is 2.67. The standard InChI is InChI=1S/C9H7ClFNO/c1-13-9-3-6(4-10)2-8(11)7(9)5-12/h2-3H,4H2,1H3. The van der Waals surface area contributed by atoms with Gasteiger partial charge in [-0.05, 0) is 17.7 Å². The van der Waals surface area contributed by atoms with Gasteiger partial charge in [0.05, 0.1) is 7.11 Å². The second-order valence-electron chi connectivity index (χ2n) is 2.40. The number of nitrogens with zero attached hydrogens (tertiary/aromatic N) is 1. The first-order valence-corrected chi connectivity index (χ1v) is 4.08. The molecule has 0 fully saturated rings. The molecule has 0 saturated heterocycles. The average Bonchev–Trinajstić information content (AvgIpc) is 2.16. The lowest BCUT2D eigenvalue weighted by atomic mass is 10.1. The van der Waals surface area contributed by atoms with Crippen molar-refractivity contribution in [3.63, 3.8) is 0 Å². The molecule has 0 aliphatic rings. The van der Waals surface area contributed by atoms with E-state index < -0.39 is 5.82 Å². The van der Waals surface area contributed by atoms with E-state index in [2.05, 4.69) is 0 Å². The number of nitriles is 1. The van der Waals surface area contributed by atoms with Gasteiger partial charge in [0.1, 0.15) is 23.2 Å². The lowest BCUT2D eigenvalue weighted by Gasteiger charge is -2.05. The quantitative estimate of drug-likeness (QED) is 0.686. The number of hydrogen-bond donors (Lipinski definition) is 0. The highest BCUT2D eigenvalue weighted by Gasteiger charge is 2.10. The monoisotopic (exact) mass is 199 g/mol. The molecule has 0 bridgehead atoms. The van der Waals surface area contributed by atoms with Crippen molar-refractivity contribution < 1.29 is 9.13 Å². The van der Waals surface area contributed by atoms with Crippen LogP contribution in [0.1, 0.15) is 11.1 Å². The third-order valence-electron chi connectivity index (χ3n) is 1.60. The van der Waals surface area contributed by atoms with Crippen molar-refractivity contribution in [3.05, 3.63) is 29.1 Å². The average molecular weight is 200 g/mol. The number of halogens is 2. The Morgan fingerprint density at radius 3 is 2.77 bits per heavy atom. The van der Waals surface area contributed by atoms with Gasteiger partial charge in [0, 0.05) is 5.88 Å². The summed E-state index contributed by atoms with van der Waals surface area (Å²) in [7, 11) is 1.38. The van der Waals surface area contributed by atoms with Gasteiger partial charge in [0.25, 0.3) is 0 Å². The van der Waals surface area contributed by atoms with Crippen LogP contribution in [0.4, 0.5) is 4.39 Å². The van der Waals surface area contributed by atoms with E-state index in [1.54, 1.807) is 12.1 Å². The minimum absolute atomic E-state index is 0.0867. The molecule has 1 aromatic rings.